The van der Waals surface area contributed by atoms with E-state index >= 15 is 0 Å². The van der Waals surface area contributed by atoms with Gasteiger partial charge in [0.2, 0.25) is 0 Å². The Kier molecular flexibility index (Phi) is 5.32. The monoisotopic (exact) mass is 358 g/mol. The quantitative estimate of drug-likeness (QED) is 0.419. The number of hydrogen-bond donors (Lipinski definition) is 1. The average molecular weight is 359 g/mol. The normalized spacial score (nSPS) is 47.7. The number of rotatable bonds is 5. The second-order valence-corrected chi connectivity index (χ2v) is 10.8. The zero-order valence-corrected chi connectivity index (χ0v) is 17.6. The number of hydrogen-bond acceptors (Lipinski definition) is 1. The fourth-order valence-electron chi connectivity index (χ4n) is 8.04. The molecule has 0 spiro atoms. The Morgan fingerprint density at radius 3 is 2.65 bits per heavy atom. The van der Waals surface area contributed by atoms with Gasteiger partial charge in [-0.25, -0.2) is 0 Å². The summed E-state index contributed by atoms with van der Waals surface area (Å²) in [5.41, 5.74) is 2.65. The van der Waals surface area contributed by atoms with Gasteiger partial charge < -0.3 is 5.11 Å². The predicted octanol–water partition coefficient (Wildman–Crippen LogP) is 6.90. The summed E-state index contributed by atoms with van der Waals surface area (Å²) in [5, 5.41) is 10.2. The summed E-state index contributed by atoms with van der Waals surface area (Å²) < 4.78 is 0. The van der Waals surface area contributed by atoms with Gasteiger partial charge in [-0.05, 0) is 92.3 Å². The molecule has 1 N–H and O–H groups in total. The van der Waals surface area contributed by atoms with Crippen LogP contribution >= 0.6 is 0 Å². The van der Waals surface area contributed by atoms with Crippen LogP contribution in [0.5, 0.6) is 0 Å². The van der Waals surface area contributed by atoms with Gasteiger partial charge in [-0.1, -0.05) is 58.1 Å². The molecule has 148 valence electrons. The Hall–Kier alpha value is -0.300. The first-order valence-corrected chi connectivity index (χ1v) is 11.9. The SMILES string of the molecule is CCCCCC[C@H]1CCC2C3CC=C4CC(O)CCC4(C)C3CCC21C. The molecule has 6 unspecified atom stereocenters. The number of aliphatic hydroxyl groups excluding tert-OH is 1. The zero-order valence-electron chi connectivity index (χ0n) is 17.6. The average Bonchev–Trinajstić information content (AvgIpc) is 2.96. The van der Waals surface area contributed by atoms with Crippen molar-refractivity contribution in [2.75, 3.05) is 0 Å². The first-order chi connectivity index (χ1) is 12.5. The minimum absolute atomic E-state index is 0.0706. The van der Waals surface area contributed by atoms with Crippen molar-refractivity contribution in [3.63, 3.8) is 0 Å². The molecule has 0 saturated heterocycles. The summed E-state index contributed by atoms with van der Waals surface area (Å²) in [7, 11) is 0. The number of allylic oxidation sites excluding steroid dienone is 1. The van der Waals surface area contributed by atoms with Crippen LogP contribution in [0.2, 0.25) is 0 Å². The van der Waals surface area contributed by atoms with Crippen molar-refractivity contribution in [3.05, 3.63) is 11.6 Å². The van der Waals surface area contributed by atoms with Gasteiger partial charge in [0.1, 0.15) is 0 Å². The maximum Gasteiger partial charge on any atom is 0.0577 e. The molecule has 0 aliphatic heterocycles. The van der Waals surface area contributed by atoms with Crippen molar-refractivity contribution in [2.24, 2.45) is 34.5 Å². The number of aliphatic hydroxyl groups is 1. The second kappa shape index (κ2) is 7.26. The van der Waals surface area contributed by atoms with E-state index in [0.29, 0.717) is 10.8 Å². The molecule has 0 aromatic rings. The van der Waals surface area contributed by atoms with Crippen molar-refractivity contribution in [2.45, 2.75) is 110 Å². The molecular weight excluding hydrogens is 316 g/mol. The maximum absolute atomic E-state index is 10.2. The first kappa shape index (κ1) is 19.0. The van der Waals surface area contributed by atoms with Crippen molar-refractivity contribution < 1.29 is 5.11 Å². The minimum atomic E-state index is -0.0706. The molecule has 1 heteroatoms. The molecule has 4 aliphatic rings. The summed E-state index contributed by atoms with van der Waals surface area (Å²) >= 11 is 0. The molecule has 7 atom stereocenters. The Balaban J connectivity index is 1.49. The highest BCUT2D eigenvalue weighted by atomic mass is 16.3. The highest BCUT2D eigenvalue weighted by Gasteiger charge is 2.58. The van der Waals surface area contributed by atoms with Gasteiger partial charge in [-0.15, -0.1) is 0 Å². The van der Waals surface area contributed by atoms with Crippen molar-refractivity contribution >= 4 is 0 Å². The second-order valence-electron chi connectivity index (χ2n) is 10.8. The smallest absolute Gasteiger partial charge is 0.0577 e. The van der Waals surface area contributed by atoms with Crippen LogP contribution in [0, 0.1) is 34.5 Å². The van der Waals surface area contributed by atoms with Crippen molar-refractivity contribution in [1.82, 2.24) is 0 Å². The molecule has 3 fully saturated rings. The van der Waals surface area contributed by atoms with E-state index in [2.05, 4.69) is 26.8 Å². The van der Waals surface area contributed by atoms with Crippen LogP contribution in [-0.4, -0.2) is 11.2 Å². The summed E-state index contributed by atoms with van der Waals surface area (Å²) in [6, 6.07) is 0. The van der Waals surface area contributed by atoms with Crippen LogP contribution in [0.15, 0.2) is 11.6 Å². The van der Waals surface area contributed by atoms with Gasteiger partial charge in [0, 0.05) is 0 Å². The molecule has 0 bridgehead atoms. The van der Waals surface area contributed by atoms with E-state index in [-0.39, 0.29) is 6.10 Å². The zero-order chi connectivity index (χ0) is 18.4. The third-order valence-electron chi connectivity index (χ3n) is 9.68. The van der Waals surface area contributed by atoms with Crippen molar-refractivity contribution in [3.8, 4) is 0 Å². The summed E-state index contributed by atoms with van der Waals surface area (Å²) in [6.07, 6.45) is 20.2. The van der Waals surface area contributed by atoms with Crippen LogP contribution in [0.3, 0.4) is 0 Å². The molecule has 4 aliphatic carbocycles. The minimum Gasteiger partial charge on any atom is -0.393 e. The number of fused-ring (bicyclic) bond motifs is 5. The summed E-state index contributed by atoms with van der Waals surface area (Å²) in [4.78, 5) is 0. The van der Waals surface area contributed by atoms with E-state index < -0.39 is 0 Å². The molecule has 0 aromatic carbocycles. The Morgan fingerprint density at radius 1 is 1.00 bits per heavy atom. The predicted molar refractivity (Wildman–Crippen MR) is 110 cm³/mol. The molecule has 3 saturated carbocycles. The lowest BCUT2D eigenvalue weighted by Gasteiger charge is -2.58. The van der Waals surface area contributed by atoms with Crippen LogP contribution in [-0.2, 0) is 0 Å². The van der Waals surface area contributed by atoms with Gasteiger partial charge in [0.25, 0.3) is 0 Å². The largest absolute Gasteiger partial charge is 0.393 e. The standard InChI is InChI=1S/C25H42O/c1-4-5-6-7-8-18-10-12-22-21-11-9-19-17-20(26)13-15-25(19,3)23(21)14-16-24(18,22)2/h9,18,20-23,26H,4-8,10-17H2,1-3H3/t18-,20?,21?,22?,23?,24?,25?/m0/s1. The number of unbranched alkanes of at least 4 members (excludes halogenated alkanes) is 3. The van der Waals surface area contributed by atoms with Gasteiger partial charge in [-0.3, -0.25) is 0 Å². The van der Waals surface area contributed by atoms with E-state index in [1.165, 1.54) is 70.6 Å². The van der Waals surface area contributed by atoms with Crippen LogP contribution < -0.4 is 0 Å². The van der Waals surface area contributed by atoms with Crippen LogP contribution in [0.1, 0.15) is 104 Å². The molecule has 1 nitrogen and oxygen atoms in total. The highest BCUT2D eigenvalue weighted by Crippen LogP contribution is 2.66. The van der Waals surface area contributed by atoms with E-state index in [1.807, 2.05) is 0 Å². The Bertz CT molecular complexity index is 536. The van der Waals surface area contributed by atoms with Crippen molar-refractivity contribution in [1.29, 1.82) is 0 Å². The highest BCUT2D eigenvalue weighted by molar-refractivity contribution is 5.25. The first-order valence-electron chi connectivity index (χ1n) is 11.9. The lowest BCUT2D eigenvalue weighted by molar-refractivity contribution is -0.0508. The molecule has 0 amide bonds. The lowest BCUT2D eigenvalue weighted by Crippen LogP contribution is -2.50. The van der Waals surface area contributed by atoms with E-state index in [9.17, 15) is 5.11 Å². The Morgan fingerprint density at radius 2 is 1.85 bits per heavy atom. The lowest BCUT2D eigenvalue weighted by atomic mass is 9.47. The summed E-state index contributed by atoms with van der Waals surface area (Å²) in [6.45, 7) is 7.56. The fourth-order valence-corrected chi connectivity index (χ4v) is 8.04. The van der Waals surface area contributed by atoms with E-state index in [1.54, 1.807) is 5.57 Å². The fraction of sp³-hybridized carbons (Fsp3) is 0.920. The third-order valence-corrected chi connectivity index (χ3v) is 9.68. The molecule has 26 heavy (non-hydrogen) atoms. The van der Waals surface area contributed by atoms with Gasteiger partial charge >= 0.3 is 0 Å². The maximum atomic E-state index is 10.2. The van der Waals surface area contributed by atoms with Gasteiger partial charge in [0.15, 0.2) is 0 Å². The third kappa shape index (κ3) is 3.01. The van der Waals surface area contributed by atoms with E-state index in [0.717, 1.165) is 36.5 Å². The molecule has 4 rings (SSSR count). The van der Waals surface area contributed by atoms with Crippen LogP contribution in [0.25, 0.3) is 0 Å². The van der Waals surface area contributed by atoms with E-state index in [4.69, 9.17) is 0 Å². The topological polar surface area (TPSA) is 20.2 Å². The summed E-state index contributed by atoms with van der Waals surface area (Å²) in [5.74, 6) is 3.79. The Labute approximate surface area is 162 Å². The van der Waals surface area contributed by atoms with Gasteiger partial charge in [0.05, 0.1) is 6.10 Å². The van der Waals surface area contributed by atoms with Gasteiger partial charge in [-0.2, -0.15) is 0 Å². The van der Waals surface area contributed by atoms with Crippen LogP contribution in [0.4, 0.5) is 0 Å². The molecule has 0 radical (unpaired) electrons. The molecular formula is C25H42O. The molecule has 0 aromatic heterocycles. The molecule has 0 heterocycles.